The molecular weight excluding hydrogens is 74.9 g/mol. The summed E-state index contributed by atoms with van der Waals surface area (Å²) in [6, 6.07) is 0. The summed E-state index contributed by atoms with van der Waals surface area (Å²) in [6.07, 6.45) is 2.36. The molecule has 0 rings (SSSR count). The maximum absolute atomic E-state index is 8.20. The number of rotatable bonds is 3. The van der Waals surface area contributed by atoms with Crippen molar-refractivity contribution in [3.8, 4) is 0 Å². The fourth-order valence-electron chi connectivity index (χ4n) is 0.362. The minimum atomic E-state index is 0.355. The van der Waals surface area contributed by atoms with Crippen molar-refractivity contribution in [2.24, 2.45) is 0 Å². The second-order valence-corrected chi connectivity index (χ2v) is 1.43. The Labute approximate surface area is 39.6 Å². The van der Waals surface area contributed by atoms with Crippen LogP contribution in [0, 0.1) is 0 Å². The summed E-state index contributed by atoms with van der Waals surface area (Å²) in [7, 11) is 0.969. The molecule has 2 heteroatoms. The van der Waals surface area contributed by atoms with Crippen LogP contribution in [0.5, 0.6) is 0 Å². The van der Waals surface area contributed by atoms with Gasteiger partial charge in [0.05, 0.1) is 0 Å². The van der Waals surface area contributed by atoms with E-state index in [1.54, 1.807) is 0 Å². The Morgan fingerprint density at radius 2 is 2.33 bits per heavy atom. The van der Waals surface area contributed by atoms with E-state index in [1.807, 2.05) is 0 Å². The lowest BCUT2D eigenvalue weighted by Gasteiger charge is -1.82. The first-order valence-electron chi connectivity index (χ1n) is 2.52. The molecule has 0 aliphatic rings. The maximum Gasteiger partial charge on any atom is 0.153 e. The van der Waals surface area contributed by atoms with Crippen molar-refractivity contribution >= 4 is 7.28 Å². The molecule has 0 radical (unpaired) electrons. The Kier molecular flexibility index (Phi) is 5.05. The molecule has 0 spiro atoms. The molecule has 0 amide bonds. The minimum absolute atomic E-state index is 0.355. The zero-order valence-electron chi connectivity index (χ0n) is 4.28. The molecule has 0 aliphatic heterocycles. The third kappa shape index (κ3) is 4.02. The van der Waals surface area contributed by atoms with Gasteiger partial charge in [-0.15, -0.1) is 0 Å². The second kappa shape index (κ2) is 5.02. The summed E-state index contributed by atoms with van der Waals surface area (Å²) in [5, 5.41) is 8.20. The lowest BCUT2D eigenvalue weighted by Crippen LogP contribution is -1.93. The molecule has 0 aromatic carbocycles. The van der Waals surface area contributed by atoms with Crippen LogP contribution in [-0.4, -0.2) is 18.9 Å². The molecule has 1 N–H and O–H groups in total. The first-order chi connectivity index (χ1) is 2.91. The van der Waals surface area contributed by atoms with Gasteiger partial charge >= 0.3 is 0 Å². The normalized spacial score (nSPS) is 8.33. The number of aliphatic hydroxyl groups excluding tert-OH is 1. The van der Waals surface area contributed by atoms with E-state index in [0.717, 1.165) is 13.6 Å². The van der Waals surface area contributed by atoms with Crippen molar-refractivity contribution < 1.29 is 5.11 Å². The summed E-state index contributed by atoms with van der Waals surface area (Å²) in [5.41, 5.74) is 0. The average molecular weight is 85.9 g/mol. The highest BCUT2D eigenvalue weighted by molar-refractivity contribution is 6.34. The smallest absolute Gasteiger partial charge is 0.153 e. The maximum atomic E-state index is 8.20. The van der Waals surface area contributed by atoms with Gasteiger partial charge in [-0.25, -0.2) is 0 Å². The SMILES string of the molecule is CCCBCO. The van der Waals surface area contributed by atoms with E-state index in [1.165, 1.54) is 6.42 Å². The molecule has 6 heavy (non-hydrogen) atoms. The summed E-state index contributed by atoms with van der Waals surface area (Å²) in [4.78, 5) is 0. The lowest BCUT2D eigenvalue weighted by atomic mass is 9.75. The van der Waals surface area contributed by atoms with Crippen molar-refractivity contribution in [3.63, 3.8) is 0 Å². The van der Waals surface area contributed by atoms with Crippen molar-refractivity contribution in [2.45, 2.75) is 19.7 Å². The van der Waals surface area contributed by atoms with Gasteiger partial charge in [-0.2, -0.15) is 0 Å². The quantitative estimate of drug-likeness (QED) is 0.384. The second-order valence-electron chi connectivity index (χ2n) is 1.43. The van der Waals surface area contributed by atoms with Gasteiger partial charge in [0.25, 0.3) is 0 Å². The first-order valence-corrected chi connectivity index (χ1v) is 2.52. The molecule has 0 fully saturated rings. The Bertz CT molecular complexity index is 19.5. The molecule has 0 aromatic rings. The van der Waals surface area contributed by atoms with E-state index in [9.17, 15) is 0 Å². The molecule has 0 atom stereocenters. The Morgan fingerprint density at radius 3 is 2.50 bits per heavy atom. The van der Waals surface area contributed by atoms with Crippen LogP contribution in [0.1, 0.15) is 13.3 Å². The molecular formula is C4H11BO. The van der Waals surface area contributed by atoms with Crippen LogP contribution in [0.2, 0.25) is 6.32 Å². The fourth-order valence-corrected chi connectivity index (χ4v) is 0.362. The minimum Gasteiger partial charge on any atom is -0.405 e. The molecule has 0 aliphatic carbocycles. The molecule has 0 aromatic heterocycles. The van der Waals surface area contributed by atoms with E-state index in [4.69, 9.17) is 5.11 Å². The zero-order chi connectivity index (χ0) is 4.83. The predicted octanol–water partition coefficient (Wildman–Crippen LogP) is 0.201. The molecule has 0 saturated carbocycles. The van der Waals surface area contributed by atoms with Gasteiger partial charge < -0.3 is 5.11 Å². The number of aliphatic hydroxyl groups is 1. The summed E-state index contributed by atoms with van der Waals surface area (Å²) in [5.74, 6) is 0. The monoisotopic (exact) mass is 86.1 g/mol. The third-order valence-electron chi connectivity index (χ3n) is 0.762. The van der Waals surface area contributed by atoms with Gasteiger partial charge in [-0.05, 0) is 0 Å². The largest absolute Gasteiger partial charge is 0.405 e. The van der Waals surface area contributed by atoms with Crippen LogP contribution < -0.4 is 0 Å². The molecule has 0 heterocycles. The zero-order valence-corrected chi connectivity index (χ0v) is 4.28. The Morgan fingerprint density at radius 1 is 1.67 bits per heavy atom. The van der Waals surface area contributed by atoms with Gasteiger partial charge in [0.2, 0.25) is 0 Å². The van der Waals surface area contributed by atoms with E-state index in [2.05, 4.69) is 6.92 Å². The van der Waals surface area contributed by atoms with Crippen LogP contribution in [0.25, 0.3) is 0 Å². The first kappa shape index (κ1) is 6.02. The van der Waals surface area contributed by atoms with Crippen LogP contribution in [0.3, 0.4) is 0 Å². The van der Waals surface area contributed by atoms with Crippen molar-refractivity contribution in [1.82, 2.24) is 0 Å². The van der Waals surface area contributed by atoms with Crippen LogP contribution >= 0.6 is 0 Å². The standard InChI is InChI=1S/C4H11BO/c1-2-3-5-4-6/h5-6H,2-4H2,1H3. The van der Waals surface area contributed by atoms with Gasteiger partial charge in [-0.3, -0.25) is 0 Å². The van der Waals surface area contributed by atoms with Crippen molar-refractivity contribution in [3.05, 3.63) is 0 Å². The lowest BCUT2D eigenvalue weighted by molar-refractivity contribution is 0.365. The van der Waals surface area contributed by atoms with Crippen LogP contribution in [0.4, 0.5) is 0 Å². The van der Waals surface area contributed by atoms with Gasteiger partial charge in [0.1, 0.15) is 0 Å². The molecule has 0 unspecified atom stereocenters. The van der Waals surface area contributed by atoms with Crippen LogP contribution in [-0.2, 0) is 0 Å². The third-order valence-corrected chi connectivity index (χ3v) is 0.762. The summed E-state index contributed by atoms with van der Waals surface area (Å²) in [6.45, 7) is 2.48. The molecule has 0 bridgehead atoms. The van der Waals surface area contributed by atoms with E-state index >= 15 is 0 Å². The van der Waals surface area contributed by atoms with E-state index < -0.39 is 0 Å². The van der Waals surface area contributed by atoms with Gasteiger partial charge in [0, 0.05) is 6.51 Å². The highest BCUT2D eigenvalue weighted by Crippen LogP contribution is 1.81. The van der Waals surface area contributed by atoms with Crippen LogP contribution in [0.15, 0.2) is 0 Å². The van der Waals surface area contributed by atoms with Crippen molar-refractivity contribution in [2.75, 3.05) is 6.51 Å². The van der Waals surface area contributed by atoms with Gasteiger partial charge in [0.15, 0.2) is 7.28 Å². The molecule has 0 saturated heterocycles. The van der Waals surface area contributed by atoms with Gasteiger partial charge in [-0.1, -0.05) is 19.7 Å². The highest BCUT2D eigenvalue weighted by atomic mass is 16.2. The highest BCUT2D eigenvalue weighted by Gasteiger charge is 1.80. The topological polar surface area (TPSA) is 20.2 Å². The Balaban J connectivity index is 2.34. The van der Waals surface area contributed by atoms with Crippen molar-refractivity contribution in [1.29, 1.82) is 0 Å². The number of hydrogen-bond acceptors (Lipinski definition) is 1. The molecule has 1 nitrogen and oxygen atoms in total. The van der Waals surface area contributed by atoms with E-state index in [-0.39, 0.29) is 0 Å². The predicted molar refractivity (Wildman–Crippen MR) is 29.3 cm³/mol. The summed E-state index contributed by atoms with van der Waals surface area (Å²) >= 11 is 0. The molecule has 36 valence electrons. The average Bonchev–Trinajstić information content (AvgIpc) is 1.61. The summed E-state index contributed by atoms with van der Waals surface area (Å²) < 4.78 is 0. The van der Waals surface area contributed by atoms with E-state index in [0.29, 0.717) is 6.51 Å². The Hall–Kier alpha value is 0.0249. The fraction of sp³-hybridized carbons (Fsp3) is 1.00. The number of hydrogen-bond donors (Lipinski definition) is 1.